The van der Waals surface area contributed by atoms with Gasteiger partial charge in [0.1, 0.15) is 0 Å². The molecule has 1 aliphatic heterocycles. The van der Waals surface area contributed by atoms with Gasteiger partial charge in [-0.2, -0.15) is 0 Å². The van der Waals surface area contributed by atoms with E-state index in [2.05, 4.69) is 10.6 Å². The highest BCUT2D eigenvalue weighted by molar-refractivity contribution is 7.09. The molecule has 0 N–H and O–H groups in total. The van der Waals surface area contributed by atoms with E-state index in [9.17, 15) is 9.59 Å². The predicted molar refractivity (Wildman–Crippen MR) is 98.0 cm³/mol. The first kappa shape index (κ1) is 17.7. The Morgan fingerprint density at radius 3 is 2.64 bits per heavy atom. The molecule has 0 spiro atoms. The van der Waals surface area contributed by atoms with E-state index >= 15 is 0 Å². The maximum absolute atomic E-state index is 12.4. The summed E-state index contributed by atoms with van der Waals surface area (Å²) in [6, 6.07) is 5.95. The lowest BCUT2D eigenvalue weighted by molar-refractivity contribution is -0.135. The van der Waals surface area contributed by atoms with Gasteiger partial charge in [0, 0.05) is 29.4 Å². The first-order chi connectivity index (χ1) is 12.1. The van der Waals surface area contributed by atoms with Gasteiger partial charge in [-0.05, 0) is 50.6 Å². The molecule has 0 radical (unpaired) electrons. The molecule has 6 heteroatoms. The van der Waals surface area contributed by atoms with Crippen molar-refractivity contribution in [1.29, 1.82) is 0 Å². The van der Waals surface area contributed by atoms with Gasteiger partial charge in [-0.3, -0.25) is 4.79 Å². The molecule has 1 aliphatic rings. The Bertz CT molecular complexity index is 743. The predicted octanol–water partition coefficient (Wildman–Crippen LogP) is 3.38. The summed E-state index contributed by atoms with van der Waals surface area (Å²) in [5.74, 6) is -0.517. The van der Waals surface area contributed by atoms with E-state index < -0.39 is 5.97 Å². The molecule has 2 aromatic rings. The Hall–Kier alpha value is -2.08. The zero-order valence-corrected chi connectivity index (χ0v) is 15.6. The Labute approximate surface area is 152 Å². The average molecular weight is 360 g/mol. The number of likely N-dealkylation sites (tertiary alicyclic amines) is 1. The van der Waals surface area contributed by atoms with Crippen molar-refractivity contribution < 1.29 is 14.3 Å². The highest BCUT2D eigenvalue weighted by atomic mass is 32.1. The summed E-state index contributed by atoms with van der Waals surface area (Å²) < 4.78 is 7.39. The lowest BCUT2D eigenvalue weighted by Crippen LogP contribution is -2.38. The van der Waals surface area contributed by atoms with Crippen molar-refractivity contribution in [3.8, 4) is 0 Å². The quantitative estimate of drug-likeness (QED) is 0.768. The van der Waals surface area contributed by atoms with Crippen molar-refractivity contribution in [2.24, 2.45) is 0 Å². The lowest BCUT2D eigenvalue weighted by atomic mass is 10.1. The number of aromatic nitrogens is 1. The van der Waals surface area contributed by atoms with E-state index in [1.54, 1.807) is 16.2 Å². The molecule has 0 bridgehead atoms. The summed E-state index contributed by atoms with van der Waals surface area (Å²) >= 11 is 1.70. The first-order valence-corrected chi connectivity index (χ1v) is 9.58. The van der Waals surface area contributed by atoms with E-state index in [4.69, 9.17) is 4.74 Å². The second-order valence-corrected chi connectivity index (χ2v) is 7.50. The maximum atomic E-state index is 12.4. The molecule has 1 saturated heterocycles. The van der Waals surface area contributed by atoms with E-state index in [1.165, 1.54) is 11.3 Å². The minimum Gasteiger partial charge on any atom is -0.452 e. The van der Waals surface area contributed by atoms with Crippen LogP contribution in [0.25, 0.3) is 0 Å². The van der Waals surface area contributed by atoms with Crippen LogP contribution in [0, 0.1) is 13.8 Å². The fraction of sp³-hybridized carbons (Fsp3) is 0.474. The third kappa shape index (κ3) is 4.12. The second-order valence-electron chi connectivity index (χ2n) is 6.47. The molecule has 0 unspecified atom stereocenters. The summed E-state index contributed by atoms with van der Waals surface area (Å²) in [6.07, 6.45) is 3.23. The monoisotopic (exact) mass is 360 g/mol. The van der Waals surface area contributed by atoms with Gasteiger partial charge in [0.25, 0.3) is 5.91 Å². The zero-order valence-electron chi connectivity index (χ0n) is 14.8. The third-order valence-corrected chi connectivity index (χ3v) is 5.58. The van der Waals surface area contributed by atoms with Crippen LogP contribution in [0.5, 0.6) is 0 Å². The van der Waals surface area contributed by atoms with Crippen LogP contribution in [0.4, 0.5) is 0 Å². The standard InChI is InChI=1S/C19H24N2O3S/c1-14-11-17(15(2)21(14)12-16-7-6-10-25-16)19(23)24-13-18(22)20-8-4-3-5-9-20/h6-7,10-11H,3-5,8-9,12-13H2,1-2H3. The van der Waals surface area contributed by atoms with Crippen LogP contribution < -0.4 is 0 Å². The number of carbonyl (C=O) groups excluding carboxylic acids is 2. The molecular formula is C19H24N2O3S. The van der Waals surface area contributed by atoms with Gasteiger partial charge < -0.3 is 14.2 Å². The van der Waals surface area contributed by atoms with Crippen LogP contribution in [0.15, 0.2) is 23.6 Å². The van der Waals surface area contributed by atoms with Gasteiger partial charge in [-0.1, -0.05) is 6.07 Å². The normalized spacial score (nSPS) is 14.6. The fourth-order valence-corrected chi connectivity index (χ4v) is 3.94. The number of amides is 1. The molecule has 0 saturated carbocycles. The van der Waals surface area contributed by atoms with Crippen LogP contribution in [0.1, 0.15) is 45.9 Å². The topological polar surface area (TPSA) is 51.5 Å². The number of hydrogen-bond donors (Lipinski definition) is 0. The molecule has 0 atom stereocenters. The highest BCUT2D eigenvalue weighted by Crippen LogP contribution is 2.20. The van der Waals surface area contributed by atoms with E-state index in [0.717, 1.165) is 43.9 Å². The van der Waals surface area contributed by atoms with Crippen LogP contribution in [-0.4, -0.2) is 41.0 Å². The van der Waals surface area contributed by atoms with Crippen LogP contribution in [0.3, 0.4) is 0 Å². The van der Waals surface area contributed by atoms with Gasteiger partial charge >= 0.3 is 5.97 Å². The number of ether oxygens (including phenoxy) is 1. The molecule has 0 aliphatic carbocycles. The van der Waals surface area contributed by atoms with Crippen LogP contribution in [0.2, 0.25) is 0 Å². The molecule has 25 heavy (non-hydrogen) atoms. The molecular weight excluding hydrogens is 336 g/mol. The number of rotatable bonds is 5. The Morgan fingerprint density at radius 2 is 1.96 bits per heavy atom. The zero-order chi connectivity index (χ0) is 17.8. The van der Waals surface area contributed by atoms with E-state index in [-0.39, 0.29) is 12.5 Å². The molecule has 1 amide bonds. The van der Waals surface area contributed by atoms with Crippen LogP contribution >= 0.6 is 11.3 Å². The average Bonchev–Trinajstić information content (AvgIpc) is 3.24. The van der Waals surface area contributed by atoms with Crippen molar-refractivity contribution in [2.45, 2.75) is 39.7 Å². The molecule has 3 heterocycles. The van der Waals surface area contributed by atoms with Crippen molar-refractivity contribution in [1.82, 2.24) is 9.47 Å². The Balaban J connectivity index is 1.63. The van der Waals surface area contributed by atoms with Gasteiger partial charge in [-0.25, -0.2) is 4.79 Å². The van der Waals surface area contributed by atoms with Gasteiger partial charge in [0.15, 0.2) is 6.61 Å². The maximum Gasteiger partial charge on any atom is 0.340 e. The van der Waals surface area contributed by atoms with Crippen molar-refractivity contribution >= 4 is 23.2 Å². The molecule has 1 fully saturated rings. The van der Waals surface area contributed by atoms with Crippen LogP contribution in [-0.2, 0) is 16.1 Å². The highest BCUT2D eigenvalue weighted by Gasteiger charge is 2.21. The lowest BCUT2D eigenvalue weighted by Gasteiger charge is -2.26. The minimum absolute atomic E-state index is 0.0968. The summed E-state index contributed by atoms with van der Waals surface area (Å²) in [5.41, 5.74) is 2.43. The smallest absolute Gasteiger partial charge is 0.340 e. The molecule has 5 nitrogen and oxygen atoms in total. The van der Waals surface area contributed by atoms with E-state index in [0.29, 0.717) is 5.56 Å². The summed E-state index contributed by atoms with van der Waals surface area (Å²) in [4.78, 5) is 27.6. The number of aryl methyl sites for hydroxylation is 1. The van der Waals surface area contributed by atoms with Crippen molar-refractivity contribution in [2.75, 3.05) is 19.7 Å². The second kappa shape index (κ2) is 7.87. The number of esters is 1. The minimum atomic E-state index is -0.420. The first-order valence-electron chi connectivity index (χ1n) is 8.70. The van der Waals surface area contributed by atoms with Gasteiger partial charge in [0.2, 0.25) is 0 Å². The molecule has 2 aromatic heterocycles. The van der Waals surface area contributed by atoms with Gasteiger partial charge in [-0.15, -0.1) is 11.3 Å². The number of hydrogen-bond acceptors (Lipinski definition) is 4. The van der Waals surface area contributed by atoms with Crippen molar-refractivity contribution in [3.05, 3.63) is 45.4 Å². The Kier molecular flexibility index (Phi) is 5.58. The largest absolute Gasteiger partial charge is 0.452 e. The summed E-state index contributed by atoms with van der Waals surface area (Å²) in [5, 5.41) is 2.05. The fourth-order valence-electron chi connectivity index (χ4n) is 3.25. The molecule has 0 aromatic carbocycles. The van der Waals surface area contributed by atoms with E-state index in [1.807, 2.05) is 31.4 Å². The van der Waals surface area contributed by atoms with Crippen molar-refractivity contribution in [3.63, 3.8) is 0 Å². The SMILES string of the molecule is Cc1cc(C(=O)OCC(=O)N2CCCCC2)c(C)n1Cc1cccs1. The number of carbonyl (C=O) groups is 2. The van der Waals surface area contributed by atoms with Gasteiger partial charge in [0.05, 0.1) is 12.1 Å². The summed E-state index contributed by atoms with van der Waals surface area (Å²) in [7, 11) is 0. The third-order valence-electron chi connectivity index (χ3n) is 4.72. The summed E-state index contributed by atoms with van der Waals surface area (Å²) in [6.45, 7) is 6.01. The number of thiophene rings is 1. The Morgan fingerprint density at radius 1 is 1.20 bits per heavy atom. The molecule has 134 valence electrons. The number of piperidine rings is 1. The molecule has 3 rings (SSSR count). The number of nitrogens with zero attached hydrogens (tertiary/aromatic N) is 2.